The second kappa shape index (κ2) is 6.20. The Hall–Kier alpha value is -0.350. The number of halogens is 1. The summed E-state index contributed by atoms with van der Waals surface area (Å²) in [5.41, 5.74) is 2.55. The predicted molar refractivity (Wildman–Crippen MR) is 78.7 cm³/mol. The van der Waals surface area contributed by atoms with Crippen LogP contribution >= 0.6 is 15.9 Å². The van der Waals surface area contributed by atoms with Crippen LogP contribution in [0, 0.1) is 0 Å². The molecular formula is C14H24BrN3. The largest absolute Gasteiger partial charge is 0.295 e. The van der Waals surface area contributed by atoms with Crippen molar-refractivity contribution in [2.75, 3.05) is 6.54 Å². The molecule has 102 valence electrons. The van der Waals surface area contributed by atoms with Crippen molar-refractivity contribution < 1.29 is 0 Å². The minimum Gasteiger partial charge on any atom is -0.295 e. The SMILES string of the molecule is CCCN(Cc1c(Br)c(CC)nn1CC)C1CC1. The van der Waals surface area contributed by atoms with Gasteiger partial charge in [0.2, 0.25) is 0 Å². The second-order valence-electron chi connectivity index (χ2n) is 5.08. The maximum absolute atomic E-state index is 4.68. The topological polar surface area (TPSA) is 21.1 Å². The zero-order chi connectivity index (χ0) is 13.1. The van der Waals surface area contributed by atoms with Gasteiger partial charge in [0.1, 0.15) is 0 Å². The molecule has 0 bridgehead atoms. The zero-order valence-electron chi connectivity index (χ0n) is 11.7. The van der Waals surface area contributed by atoms with Gasteiger partial charge in [-0.25, -0.2) is 0 Å². The van der Waals surface area contributed by atoms with E-state index >= 15 is 0 Å². The normalized spacial score (nSPS) is 15.6. The van der Waals surface area contributed by atoms with E-state index in [1.807, 2.05) is 0 Å². The maximum Gasteiger partial charge on any atom is 0.0767 e. The number of hydrogen-bond acceptors (Lipinski definition) is 2. The van der Waals surface area contributed by atoms with Crippen molar-refractivity contribution in [3.8, 4) is 0 Å². The standard InChI is InChI=1S/C14H24BrN3/c1-4-9-17(11-7-8-11)10-13-14(15)12(5-2)16-18(13)6-3/h11H,4-10H2,1-3H3. The van der Waals surface area contributed by atoms with E-state index in [4.69, 9.17) is 0 Å². The van der Waals surface area contributed by atoms with E-state index in [9.17, 15) is 0 Å². The average Bonchev–Trinajstić information content (AvgIpc) is 3.16. The smallest absolute Gasteiger partial charge is 0.0767 e. The summed E-state index contributed by atoms with van der Waals surface area (Å²) in [5.74, 6) is 0. The molecule has 1 aromatic rings. The van der Waals surface area contributed by atoms with Crippen LogP contribution in [0.5, 0.6) is 0 Å². The van der Waals surface area contributed by atoms with Gasteiger partial charge in [-0.3, -0.25) is 9.58 Å². The van der Waals surface area contributed by atoms with Crippen LogP contribution < -0.4 is 0 Å². The number of rotatable bonds is 7. The van der Waals surface area contributed by atoms with Crippen LogP contribution in [0.3, 0.4) is 0 Å². The Balaban J connectivity index is 2.17. The Bertz CT molecular complexity index is 396. The number of aromatic nitrogens is 2. The molecule has 0 saturated heterocycles. The molecular weight excluding hydrogens is 290 g/mol. The van der Waals surface area contributed by atoms with Crippen molar-refractivity contribution in [2.24, 2.45) is 0 Å². The fourth-order valence-electron chi connectivity index (χ4n) is 2.48. The van der Waals surface area contributed by atoms with E-state index in [1.54, 1.807) is 0 Å². The summed E-state index contributed by atoms with van der Waals surface area (Å²) in [4.78, 5) is 2.62. The van der Waals surface area contributed by atoms with Gasteiger partial charge in [-0.05, 0) is 55.1 Å². The van der Waals surface area contributed by atoms with Crippen molar-refractivity contribution in [1.82, 2.24) is 14.7 Å². The molecule has 0 N–H and O–H groups in total. The van der Waals surface area contributed by atoms with Gasteiger partial charge < -0.3 is 0 Å². The molecule has 0 radical (unpaired) electrons. The highest BCUT2D eigenvalue weighted by Gasteiger charge is 2.29. The monoisotopic (exact) mass is 313 g/mol. The van der Waals surface area contributed by atoms with Crippen LogP contribution in [0.25, 0.3) is 0 Å². The summed E-state index contributed by atoms with van der Waals surface area (Å²) in [6.07, 6.45) is 4.98. The second-order valence-corrected chi connectivity index (χ2v) is 5.87. The number of hydrogen-bond donors (Lipinski definition) is 0. The Morgan fingerprint density at radius 2 is 2.06 bits per heavy atom. The van der Waals surface area contributed by atoms with E-state index in [0.717, 1.165) is 25.6 Å². The molecule has 1 fully saturated rings. The molecule has 1 aromatic heterocycles. The minimum atomic E-state index is 0.821. The van der Waals surface area contributed by atoms with E-state index in [2.05, 4.69) is 51.4 Å². The summed E-state index contributed by atoms with van der Waals surface area (Å²) in [6, 6.07) is 0.821. The molecule has 1 heterocycles. The first kappa shape index (κ1) is 14.1. The molecule has 3 nitrogen and oxygen atoms in total. The Kier molecular flexibility index (Phi) is 4.84. The third-order valence-electron chi connectivity index (χ3n) is 3.62. The molecule has 18 heavy (non-hydrogen) atoms. The number of nitrogens with zero attached hydrogens (tertiary/aromatic N) is 3. The molecule has 1 aliphatic rings. The highest BCUT2D eigenvalue weighted by Crippen LogP contribution is 2.31. The molecule has 0 aromatic carbocycles. The van der Waals surface area contributed by atoms with Gasteiger partial charge in [-0.2, -0.15) is 5.10 Å². The summed E-state index contributed by atoms with van der Waals surface area (Å²) in [5, 5.41) is 4.68. The quantitative estimate of drug-likeness (QED) is 0.767. The van der Waals surface area contributed by atoms with Crippen LogP contribution in [0.2, 0.25) is 0 Å². The molecule has 4 heteroatoms. The molecule has 0 aliphatic heterocycles. The molecule has 1 aliphatic carbocycles. The highest BCUT2D eigenvalue weighted by atomic mass is 79.9. The number of aryl methyl sites for hydroxylation is 2. The molecule has 1 saturated carbocycles. The van der Waals surface area contributed by atoms with E-state index in [-0.39, 0.29) is 0 Å². The minimum absolute atomic E-state index is 0.821. The molecule has 0 atom stereocenters. The molecule has 2 rings (SSSR count). The van der Waals surface area contributed by atoms with Gasteiger partial charge in [-0.1, -0.05) is 13.8 Å². The van der Waals surface area contributed by atoms with Crippen LogP contribution in [0.15, 0.2) is 4.47 Å². The van der Waals surface area contributed by atoms with Gasteiger partial charge in [0.25, 0.3) is 0 Å². The fourth-order valence-corrected chi connectivity index (χ4v) is 3.17. The van der Waals surface area contributed by atoms with Crippen molar-refractivity contribution in [1.29, 1.82) is 0 Å². The van der Waals surface area contributed by atoms with Crippen LogP contribution in [0.4, 0.5) is 0 Å². The highest BCUT2D eigenvalue weighted by molar-refractivity contribution is 9.10. The van der Waals surface area contributed by atoms with E-state index < -0.39 is 0 Å². The van der Waals surface area contributed by atoms with Gasteiger partial charge in [-0.15, -0.1) is 0 Å². The van der Waals surface area contributed by atoms with Gasteiger partial charge in [0.05, 0.1) is 15.9 Å². The fraction of sp³-hybridized carbons (Fsp3) is 0.786. The first-order chi connectivity index (χ1) is 8.71. The van der Waals surface area contributed by atoms with Crippen molar-refractivity contribution >= 4 is 15.9 Å². The van der Waals surface area contributed by atoms with Crippen LogP contribution in [0.1, 0.15) is 51.4 Å². The first-order valence-corrected chi connectivity index (χ1v) is 7.98. The van der Waals surface area contributed by atoms with E-state index in [0.29, 0.717) is 0 Å². The summed E-state index contributed by atoms with van der Waals surface area (Å²) < 4.78 is 3.39. The Labute approximate surface area is 119 Å². The lowest BCUT2D eigenvalue weighted by Gasteiger charge is -2.21. The lowest BCUT2D eigenvalue weighted by molar-refractivity contribution is 0.247. The Morgan fingerprint density at radius 1 is 1.33 bits per heavy atom. The summed E-state index contributed by atoms with van der Waals surface area (Å²) in [6.45, 7) is 9.80. The van der Waals surface area contributed by atoms with Gasteiger partial charge in [0, 0.05) is 19.1 Å². The van der Waals surface area contributed by atoms with Gasteiger partial charge in [0.15, 0.2) is 0 Å². The Morgan fingerprint density at radius 3 is 2.56 bits per heavy atom. The predicted octanol–water partition coefficient (Wildman–Crippen LogP) is 3.60. The van der Waals surface area contributed by atoms with Crippen LogP contribution in [-0.2, 0) is 19.5 Å². The lowest BCUT2D eigenvalue weighted by Crippen LogP contribution is -2.27. The summed E-state index contributed by atoms with van der Waals surface area (Å²) >= 11 is 3.74. The zero-order valence-corrected chi connectivity index (χ0v) is 13.3. The third kappa shape index (κ3) is 2.97. The summed E-state index contributed by atoms with van der Waals surface area (Å²) in [7, 11) is 0. The first-order valence-electron chi connectivity index (χ1n) is 7.19. The van der Waals surface area contributed by atoms with Crippen molar-refractivity contribution in [2.45, 2.75) is 65.6 Å². The van der Waals surface area contributed by atoms with Crippen LogP contribution in [-0.4, -0.2) is 27.3 Å². The van der Waals surface area contributed by atoms with Crippen molar-refractivity contribution in [3.63, 3.8) is 0 Å². The third-order valence-corrected chi connectivity index (χ3v) is 4.54. The molecule has 0 unspecified atom stereocenters. The van der Waals surface area contributed by atoms with Gasteiger partial charge >= 0.3 is 0 Å². The maximum atomic E-state index is 4.68. The average molecular weight is 314 g/mol. The molecule has 0 amide bonds. The molecule has 0 spiro atoms. The van der Waals surface area contributed by atoms with E-state index in [1.165, 1.54) is 41.7 Å². The lowest BCUT2D eigenvalue weighted by atomic mass is 10.2. The van der Waals surface area contributed by atoms with Crippen molar-refractivity contribution in [3.05, 3.63) is 15.9 Å².